The molecule has 98 valence electrons. The molecule has 2 heterocycles. The number of carbonyl (C=O) groups excluding carboxylic acids is 1. The van der Waals surface area contributed by atoms with Crippen LogP contribution in [0, 0.1) is 13.8 Å². The first-order chi connectivity index (χ1) is 9.22. The van der Waals surface area contributed by atoms with Crippen LogP contribution in [0.1, 0.15) is 39.8 Å². The van der Waals surface area contributed by atoms with Gasteiger partial charge in [-0.05, 0) is 26.0 Å². The van der Waals surface area contributed by atoms with Crippen molar-refractivity contribution in [1.82, 2.24) is 4.57 Å². The van der Waals surface area contributed by atoms with Gasteiger partial charge >= 0.3 is 0 Å². The molecule has 0 aliphatic carbocycles. The second-order valence-corrected chi connectivity index (χ2v) is 5.01. The smallest absolute Gasteiger partial charge is 0.151 e. The van der Waals surface area contributed by atoms with E-state index in [4.69, 9.17) is 4.74 Å². The van der Waals surface area contributed by atoms with Crippen LogP contribution in [0.25, 0.3) is 0 Å². The first-order valence-electron chi connectivity index (χ1n) is 6.57. The van der Waals surface area contributed by atoms with Gasteiger partial charge in [0.2, 0.25) is 0 Å². The number of aryl methyl sites for hydroxylation is 1. The van der Waals surface area contributed by atoms with Gasteiger partial charge in [0.05, 0.1) is 12.6 Å². The minimum atomic E-state index is 0.263. The monoisotopic (exact) mass is 255 g/mol. The average Bonchev–Trinajstić information content (AvgIpc) is 2.73. The topological polar surface area (TPSA) is 31.2 Å². The molecule has 0 radical (unpaired) electrons. The standard InChI is InChI=1S/C16H17NO2/c1-11-9-13(10-18)12(2)17(11)15-7-8-19-16-6-4-3-5-14(15)16/h3-6,9-10,15H,7-8H2,1-2H3. The van der Waals surface area contributed by atoms with E-state index >= 15 is 0 Å². The summed E-state index contributed by atoms with van der Waals surface area (Å²) in [4.78, 5) is 11.1. The average molecular weight is 255 g/mol. The largest absolute Gasteiger partial charge is 0.493 e. The molecule has 19 heavy (non-hydrogen) atoms. The molecule has 0 spiro atoms. The first-order valence-corrected chi connectivity index (χ1v) is 6.57. The van der Waals surface area contributed by atoms with Gasteiger partial charge in [-0.2, -0.15) is 0 Å². The number of carbonyl (C=O) groups is 1. The maximum Gasteiger partial charge on any atom is 0.151 e. The van der Waals surface area contributed by atoms with Gasteiger partial charge in [-0.1, -0.05) is 18.2 Å². The van der Waals surface area contributed by atoms with Gasteiger partial charge in [-0.3, -0.25) is 4.79 Å². The van der Waals surface area contributed by atoms with Crippen molar-refractivity contribution < 1.29 is 9.53 Å². The van der Waals surface area contributed by atoms with Crippen LogP contribution in [-0.2, 0) is 0 Å². The number of benzene rings is 1. The van der Waals surface area contributed by atoms with Crippen LogP contribution in [0.3, 0.4) is 0 Å². The highest BCUT2D eigenvalue weighted by Crippen LogP contribution is 2.36. The number of rotatable bonds is 2. The molecule has 0 amide bonds. The zero-order valence-corrected chi connectivity index (χ0v) is 11.2. The Morgan fingerprint density at radius 2 is 2.11 bits per heavy atom. The molecule has 3 rings (SSSR count). The highest BCUT2D eigenvalue weighted by atomic mass is 16.5. The summed E-state index contributed by atoms with van der Waals surface area (Å²) in [6, 6.07) is 10.4. The Bertz CT molecular complexity index is 628. The molecule has 1 atom stereocenters. The van der Waals surface area contributed by atoms with Gasteiger partial charge in [0.25, 0.3) is 0 Å². The number of hydrogen-bond donors (Lipinski definition) is 0. The molecule has 1 aromatic heterocycles. The van der Waals surface area contributed by atoms with Crippen LogP contribution in [0.4, 0.5) is 0 Å². The first kappa shape index (κ1) is 12.0. The molecular weight excluding hydrogens is 238 g/mol. The number of hydrogen-bond acceptors (Lipinski definition) is 2. The summed E-state index contributed by atoms with van der Waals surface area (Å²) in [5, 5.41) is 0. The Balaban J connectivity index is 2.14. The number of para-hydroxylation sites is 1. The van der Waals surface area contributed by atoms with E-state index in [-0.39, 0.29) is 6.04 Å². The van der Waals surface area contributed by atoms with E-state index in [0.29, 0.717) is 0 Å². The number of nitrogens with zero attached hydrogens (tertiary/aromatic N) is 1. The van der Waals surface area contributed by atoms with E-state index in [2.05, 4.69) is 17.6 Å². The lowest BCUT2D eigenvalue weighted by atomic mass is 10.00. The number of ether oxygens (including phenoxy) is 1. The Hall–Kier alpha value is -2.03. The molecule has 0 N–H and O–H groups in total. The molecule has 0 fully saturated rings. The van der Waals surface area contributed by atoms with Crippen molar-refractivity contribution in [2.45, 2.75) is 26.3 Å². The van der Waals surface area contributed by atoms with Gasteiger partial charge < -0.3 is 9.30 Å². The third kappa shape index (κ3) is 1.86. The minimum Gasteiger partial charge on any atom is -0.493 e. The molecule has 3 nitrogen and oxygen atoms in total. The summed E-state index contributed by atoms with van der Waals surface area (Å²) in [7, 11) is 0. The molecule has 1 unspecified atom stereocenters. The molecule has 0 bridgehead atoms. The maximum atomic E-state index is 11.1. The Morgan fingerprint density at radius 3 is 2.84 bits per heavy atom. The highest BCUT2D eigenvalue weighted by Gasteiger charge is 2.25. The van der Waals surface area contributed by atoms with Gasteiger partial charge in [0.1, 0.15) is 5.75 Å². The van der Waals surface area contributed by atoms with E-state index < -0.39 is 0 Å². The summed E-state index contributed by atoms with van der Waals surface area (Å²) < 4.78 is 7.96. The van der Waals surface area contributed by atoms with Crippen molar-refractivity contribution >= 4 is 6.29 Å². The van der Waals surface area contributed by atoms with Crippen molar-refractivity contribution in [3.8, 4) is 5.75 Å². The zero-order chi connectivity index (χ0) is 13.4. The van der Waals surface area contributed by atoms with E-state index in [1.54, 1.807) is 0 Å². The molecular formula is C16H17NO2. The van der Waals surface area contributed by atoms with Gasteiger partial charge in [-0.25, -0.2) is 0 Å². The van der Waals surface area contributed by atoms with Gasteiger partial charge in [0, 0.05) is 28.9 Å². The predicted molar refractivity (Wildman–Crippen MR) is 74.0 cm³/mol. The molecule has 3 heteroatoms. The van der Waals surface area contributed by atoms with Crippen LogP contribution in [-0.4, -0.2) is 17.5 Å². The van der Waals surface area contributed by atoms with Crippen LogP contribution in [0.5, 0.6) is 5.75 Å². The quantitative estimate of drug-likeness (QED) is 0.771. The van der Waals surface area contributed by atoms with Gasteiger partial charge in [-0.15, -0.1) is 0 Å². The van der Waals surface area contributed by atoms with Crippen molar-refractivity contribution in [1.29, 1.82) is 0 Å². The molecule has 0 saturated heterocycles. The predicted octanol–water partition coefficient (Wildman–Crippen LogP) is 3.29. The molecule has 1 aliphatic heterocycles. The van der Waals surface area contributed by atoms with Crippen molar-refractivity contribution in [2.75, 3.05) is 6.61 Å². The molecule has 2 aromatic rings. The summed E-state index contributed by atoms with van der Waals surface area (Å²) in [6.45, 7) is 4.78. The third-order valence-corrected chi connectivity index (χ3v) is 3.89. The minimum absolute atomic E-state index is 0.263. The van der Waals surface area contributed by atoms with E-state index in [9.17, 15) is 4.79 Å². The maximum absolute atomic E-state index is 11.1. The lowest BCUT2D eigenvalue weighted by molar-refractivity contribution is 0.112. The van der Waals surface area contributed by atoms with Crippen molar-refractivity contribution in [2.24, 2.45) is 0 Å². The molecule has 0 saturated carbocycles. The Morgan fingerprint density at radius 1 is 1.32 bits per heavy atom. The fourth-order valence-corrected chi connectivity index (χ4v) is 2.99. The van der Waals surface area contributed by atoms with Crippen molar-refractivity contribution in [3.05, 3.63) is 52.8 Å². The van der Waals surface area contributed by atoms with Crippen LogP contribution in [0.15, 0.2) is 30.3 Å². The van der Waals surface area contributed by atoms with E-state index in [0.717, 1.165) is 42.0 Å². The van der Waals surface area contributed by atoms with Crippen LogP contribution < -0.4 is 4.74 Å². The van der Waals surface area contributed by atoms with Crippen LogP contribution in [0.2, 0.25) is 0 Å². The summed E-state index contributed by atoms with van der Waals surface area (Å²) >= 11 is 0. The fraction of sp³-hybridized carbons (Fsp3) is 0.312. The molecule has 1 aromatic carbocycles. The zero-order valence-electron chi connectivity index (χ0n) is 11.2. The summed E-state index contributed by atoms with van der Waals surface area (Å²) in [5.74, 6) is 0.957. The Kier molecular flexibility index (Phi) is 2.90. The number of aldehydes is 1. The molecule has 1 aliphatic rings. The SMILES string of the molecule is Cc1cc(C=O)c(C)n1C1CCOc2ccccc21. The van der Waals surface area contributed by atoms with E-state index in [1.165, 1.54) is 5.56 Å². The Labute approximate surface area is 112 Å². The number of fused-ring (bicyclic) bond motifs is 1. The summed E-state index contributed by atoms with van der Waals surface area (Å²) in [6.07, 6.45) is 1.87. The van der Waals surface area contributed by atoms with Gasteiger partial charge in [0.15, 0.2) is 6.29 Å². The fourth-order valence-electron chi connectivity index (χ4n) is 2.99. The second kappa shape index (κ2) is 4.57. The second-order valence-electron chi connectivity index (χ2n) is 5.01. The normalized spacial score (nSPS) is 17.7. The highest BCUT2D eigenvalue weighted by molar-refractivity contribution is 5.77. The lowest BCUT2D eigenvalue weighted by Gasteiger charge is -2.29. The van der Waals surface area contributed by atoms with E-state index in [1.807, 2.05) is 31.2 Å². The van der Waals surface area contributed by atoms with Crippen molar-refractivity contribution in [3.63, 3.8) is 0 Å². The third-order valence-electron chi connectivity index (χ3n) is 3.89. The number of aromatic nitrogens is 1. The summed E-state index contributed by atoms with van der Waals surface area (Å²) in [5.41, 5.74) is 4.14. The lowest BCUT2D eigenvalue weighted by Crippen LogP contribution is -2.21. The van der Waals surface area contributed by atoms with Crippen LogP contribution >= 0.6 is 0 Å².